The molecule has 0 spiro atoms. The van der Waals surface area contributed by atoms with Crippen LogP contribution >= 0.6 is 0 Å². The van der Waals surface area contributed by atoms with Crippen molar-refractivity contribution in [2.24, 2.45) is 0 Å². The number of nitrogens with one attached hydrogen (secondary N) is 1. The molecular weight excluding hydrogens is 242 g/mol. The van der Waals surface area contributed by atoms with Gasteiger partial charge in [-0.1, -0.05) is 43.2 Å². The summed E-state index contributed by atoms with van der Waals surface area (Å²) in [4.78, 5) is 22.6. The summed E-state index contributed by atoms with van der Waals surface area (Å²) in [7, 11) is 0. The number of aliphatic carboxylic acids is 1. The van der Waals surface area contributed by atoms with Gasteiger partial charge in [0.15, 0.2) is 0 Å². The van der Waals surface area contributed by atoms with Crippen LogP contribution in [-0.2, 0) is 16.0 Å². The molecule has 0 unspecified atom stereocenters. The maximum absolute atomic E-state index is 11.7. The second-order valence-electron chi connectivity index (χ2n) is 4.73. The van der Waals surface area contributed by atoms with Crippen LogP contribution in [0.3, 0.4) is 0 Å². The first-order valence-corrected chi connectivity index (χ1v) is 6.60. The van der Waals surface area contributed by atoms with Crippen LogP contribution < -0.4 is 5.32 Å². The van der Waals surface area contributed by atoms with Crippen LogP contribution in [0.25, 0.3) is 0 Å². The molecule has 0 aliphatic heterocycles. The second-order valence-corrected chi connectivity index (χ2v) is 4.73. The van der Waals surface area contributed by atoms with Gasteiger partial charge >= 0.3 is 5.97 Å². The standard InChI is InChI=1S/C15H21NO3/c1-3-4-13(15(18)19)16-14(17)10-9-12-7-5-11(2)6-8-12/h5-8,13H,3-4,9-10H2,1-2H3,(H,16,17)(H,18,19)/t13-/m0/s1. The van der Waals surface area contributed by atoms with Crippen molar-refractivity contribution in [2.75, 3.05) is 0 Å². The molecule has 0 saturated heterocycles. The molecule has 0 aromatic heterocycles. The highest BCUT2D eigenvalue weighted by Gasteiger charge is 2.18. The van der Waals surface area contributed by atoms with Crippen molar-refractivity contribution >= 4 is 11.9 Å². The summed E-state index contributed by atoms with van der Waals surface area (Å²) in [5.41, 5.74) is 2.27. The van der Waals surface area contributed by atoms with Crippen molar-refractivity contribution < 1.29 is 14.7 Å². The van der Waals surface area contributed by atoms with E-state index in [4.69, 9.17) is 5.11 Å². The fourth-order valence-corrected chi connectivity index (χ4v) is 1.83. The van der Waals surface area contributed by atoms with E-state index in [9.17, 15) is 9.59 Å². The number of aryl methyl sites for hydroxylation is 2. The number of carbonyl (C=O) groups excluding carboxylic acids is 1. The van der Waals surface area contributed by atoms with Crippen LogP contribution in [0.1, 0.15) is 37.3 Å². The third kappa shape index (κ3) is 5.55. The molecule has 0 bridgehead atoms. The zero-order chi connectivity index (χ0) is 14.3. The highest BCUT2D eigenvalue weighted by molar-refractivity contribution is 5.83. The molecule has 0 radical (unpaired) electrons. The molecule has 1 aromatic carbocycles. The maximum atomic E-state index is 11.7. The average molecular weight is 263 g/mol. The summed E-state index contributed by atoms with van der Waals surface area (Å²) in [5, 5.41) is 11.5. The normalized spacial score (nSPS) is 11.9. The molecule has 19 heavy (non-hydrogen) atoms. The number of carbonyl (C=O) groups is 2. The van der Waals surface area contributed by atoms with Gasteiger partial charge in [0.05, 0.1) is 0 Å². The summed E-state index contributed by atoms with van der Waals surface area (Å²) in [5.74, 6) is -1.17. The minimum absolute atomic E-state index is 0.207. The highest BCUT2D eigenvalue weighted by Crippen LogP contribution is 2.06. The Bertz CT molecular complexity index is 426. The Morgan fingerprint density at radius 2 is 1.89 bits per heavy atom. The molecular formula is C15H21NO3. The molecule has 2 N–H and O–H groups in total. The lowest BCUT2D eigenvalue weighted by molar-refractivity contribution is -0.142. The number of carboxylic acids is 1. The molecule has 0 heterocycles. The quantitative estimate of drug-likeness (QED) is 0.793. The van der Waals surface area contributed by atoms with Gasteiger partial charge in [0.25, 0.3) is 0 Å². The van der Waals surface area contributed by atoms with E-state index in [2.05, 4.69) is 5.32 Å². The van der Waals surface area contributed by atoms with E-state index in [-0.39, 0.29) is 5.91 Å². The van der Waals surface area contributed by atoms with E-state index in [1.807, 2.05) is 38.1 Å². The Morgan fingerprint density at radius 1 is 1.26 bits per heavy atom. The Morgan fingerprint density at radius 3 is 2.42 bits per heavy atom. The molecule has 1 rings (SSSR count). The Labute approximate surface area is 113 Å². The first-order chi connectivity index (χ1) is 9.02. The van der Waals surface area contributed by atoms with E-state index >= 15 is 0 Å². The lowest BCUT2D eigenvalue weighted by Crippen LogP contribution is -2.40. The summed E-state index contributed by atoms with van der Waals surface area (Å²) in [6.07, 6.45) is 2.14. The summed E-state index contributed by atoms with van der Waals surface area (Å²) in [6, 6.07) is 7.22. The van der Waals surface area contributed by atoms with Gasteiger partial charge in [-0.25, -0.2) is 4.79 Å². The molecule has 1 aromatic rings. The van der Waals surface area contributed by atoms with Crippen molar-refractivity contribution in [2.45, 2.75) is 45.6 Å². The molecule has 0 saturated carbocycles. The lowest BCUT2D eigenvalue weighted by atomic mass is 10.1. The Balaban J connectivity index is 2.42. The second kappa shape index (κ2) is 7.56. The zero-order valence-corrected chi connectivity index (χ0v) is 11.5. The van der Waals surface area contributed by atoms with Crippen molar-refractivity contribution in [3.05, 3.63) is 35.4 Å². The van der Waals surface area contributed by atoms with Gasteiger partial charge in [-0.15, -0.1) is 0 Å². The van der Waals surface area contributed by atoms with Crippen LogP contribution in [0.4, 0.5) is 0 Å². The molecule has 4 nitrogen and oxygen atoms in total. The third-order valence-corrected chi connectivity index (χ3v) is 2.97. The van der Waals surface area contributed by atoms with E-state index in [1.165, 1.54) is 5.56 Å². The van der Waals surface area contributed by atoms with Gasteiger partial charge in [-0.05, 0) is 25.3 Å². The van der Waals surface area contributed by atoms with Crippen molar-refractivity contribution in [3.8, 4) is 0 Å². The van der Waals surface area contributed by atoms with Crippen LogP contribution in [0.5, 0.6) is 0 Å². The van der Waals surface area contributed by atoms with Crippen LogP contribution in [-0.4, -0.2) is 23.0 Å². The summed E-state index contributed by atoms with van der Waals surface area (Å²) >= 11 is 0. The Kier molecular flexibility index (Phi) is 6.06. The van der Waals surface area contributed by atoms with Crippen LogP contribution in [0.2, 0.25) is 0 Å². The van der Waals surface area contributed by atoms with Gasteiger partial charge in [0, 0.05) is 6.42 Å². The van der Waals surface area contributed by atoms with E-state index in [0.717, 1.165) is 12.0 Å². The van der Waals surface area contributed by atoms with Gasteiger partial charge in [-0.3, -0.25) is 4.79 Å². The number of hydrogen-bond donors (Lipinski definition) is 2. The molecule has 0 aliphatic carbocycles. The molecule has 1 amide bonds. The van der Waals surface area contributed by atoms with Crippen LogP contribution in [0, 0.1) is 6.92 Å². The average Bonchev–Trinajstić information content (AvgIpc) is 2.37. The SMILES string of the molecule is CCC[C@H](NC(=O)CCc1ccc(C)cc1)C(=O)O. The fraction of sp³-hybridized carbons (Fsp3) is 0.467. The van der Waals surface area contributed by atoms with E-state index in [1.54, 1.807) is 0 Å². The molecule has 104 valence electrons. The minimum Gasteiger partial charge on any atom is -0.480 e. The number of carboxylic acid groups (broad SMARTS) is 1. The summed E-state index contributed by atoms with van der Waals surface area (Å²) < 4.78 is 0. The van der Waals surface area contributed by atoms with Gasteiger partial charge < -0.3 is 10.4 Å². The molecule has 0 aliphatic rings. The number of rotatable bonds is 7. The number of benzene rings is 1. The summed E-state index contributed by atoms with van der Waals surface area (Å²) in [6.45, 7) is 3.91. The largest absolute Gasteiger partial charge is 0.480 e. The number of amides is 1. The van der Waals surface area contributed by atoms with Gasteiger partial charge in [0.1, 0.15) is 6.04 Å². The third-order valence-electron chi connectivity index (χ3n) is 2.97. The lowest BCUT2D eigenvalue weighted by Gasteiger charge is -2.13. The van der Waals surface area contributed by atoms with Gasteiger partial charge in [-0.2, -0.15) is 0 Å². The first kappa shape index (κ1) is 15.2. The smallest absolute Gasteiger partial charge is 0.326 e. The van der Waals surface area contributed by atoms with Crippen molar-refractivity contribution in [3.63, 3.8) is 0 Å². The predicted molar refractivity (Wildman–Crippen MR) is 74.0 cm³/mol. The van der Waals surface area contributed by atoms with E-state index < -0.39 is 12.0 Å². The number of hydrogen-bond acceptors (Lipinski definition) is 2. The molecule has 4 heteroatoms. The van der Waals surface area contributed by atoms with E-state index in [0.29, 0.717) is 19.3 Å². The van der Waals surface area contributed by atoms with Gasteiger partial charge in [0.2, 0.25) is 5.91 Å². The van der Waals surface area contributed by atoms with Crippen molar-refractivity contribution in [1.29, 1.82) is 0 Å². The van der Waals surface area contributed by atoms with Crippen LogP contribution in [0.15, 0.2) is 24.3 Å². The minimum atomic E-state index is -0.967. The first-order valence-electron chi connectivity index (χ1n) is 6.60. The topological polar surface area (TPSA) is 66.4 Å². The highest BCUT2D eigenvalue weighted by atomic mass is 16.4. The predicted octanol–water partition coefficient (Wildman–Crippen LogP) is 2.30. The molecule has 1 atom stereocenters. The zero-order valence-electron chi connectivity index (χ0n) is 11.5. The fourth-order valence-electron chi connectivity index (χ4n) is 1.83. The maximum Gasteiger partial charge on any atom is 0.326 e. The molecule has 0 fully saturated rings. The monoisotopic (exact) mass is 263 g/mol. The van der Waals surface area contributed by atoms with Crippen molar-refractivity contribution in [1.82, 2.24) is 5.32 Å². The Hall–Kier alpha value is -1.84.